The van der Waals surface area contributed by atoms with Crippen LogP contribution < -0.4 is 5.73 Å². The molecule has 2 rings (SSSR count). The molecule has 1 aromatic heterocycles. The Morgan fingerprint density at radius 3 is 2.94 bits per heavy atom. The number of nitrogens with zero attached hydrogens (tertiary/aromatic N) is 1. The second-order valence-corrected chi connectivity index (χ2v) is 7.62. The molecule has 0 bridgehead atoms. The highest BCUT2D eigenvalue weighted by atomic mass is 79.9. The van der Waals surface area contributed by atoms with Crippen molar-refractivity contribution in [3.8, 4) is 0 Å². The van der Waals surface area contributed by atoms with Crippen molar-refractivity contribution in [2.45, 2.75) is 38.5 Å². The van der Waals surface area contributed by atoms with E-state index in [0.29, 0.717) is 6.04 Å². The van der Waals surface area contributed by atoms with Gasteiger partial charge in [0.05, 0.1) is 16.5 Å². The monoisotopic (exact) mass is 332 g/mol. The zero-order valence-electron chi connectivity index (χ0n) is 10.9. The van der Waals surface area contributed by atoms with Gasteiger partial charge in [0.2, 0.25) is 0 Å². The van der Waals surface area contributed by atoms with Crippen LogP contribution in [0.2, 0.25) is 0 Å². The van der Waals surface area contributed by atoms with Gasteiger partial charge >= 0.3 is 0 Å². The number of thiophene rings is 1. The van der Waals surface area contributed by atoms with E-state index in [1.807, 2.05) is 0 Å². The first-order valence-electron chi connectivity index (χ1n) is 6.41. The molecule has 5 heteroatoms. The summed E-state index contributed by atoms with van der Waals surface area (Å²) in [6.45, 7) is 7.22. The molecule has 3 nitrogen and oxygen atoms in total. The summed E-state index contributed by atoms with van der Waals surface area (Å²) in [6, 6.07) is 4.86. The fraction of sp³-hybridized carbons (Fsp3) is 0.692. The number of rotatable bonds is 4. The van der Waals surface area contributed by atoms with Crippen molar-refractivity contribution < 1.29 is 4.74 Å². The van der Waals surface area contributed by atoms with Gasteiger partial charge in [0, 0.05) is 30.1 Å². The van der Waals surface area contributed by atoms with Gasteiger partial charge in [0.1, 0.15) is 0 Å². The number of nitrogens with two attached hydrogens (primary N) is 1. The maximum absolute atomic E-state index is 6.29. The molecule has 2 N–H and O–H groups in total. The second kappa shape index (κ2) is 6.48. The largest absolute Gasteiger partial charge is 0.374 e. The minimum atomic E-state index is 0.0806. The summed E-state index contributed by atoms with van der Waals surface area (Å²) in [5.74, 6) is 0. The van der Waals surface area contributed by atoms with E-state index in [2.05, 4.69) is 46.8 Å². The summed E-state index contributed by atoms with van der Waals surface area (Å²) in [6.07, 6.45) is 1.05. The van der Waals surface area contributed by atoms with Crippen LogP contribution in [0, 0.1) is 0 Å². The van der Waals surface area contributed by atoms with Crippen molar-refractivity contribution >= 4 is 27.3 Å². The highest BCUT2D eigenvalue weighted by molar-refractivity contribution is 9.11. The van der Waals surface area contributed by atoms with Gasteiger partial charge < -0.3 is 10.5 Å². The van der Waals surface area contributed by atoms with Crippen molar-refractivity contribution in [3.63, 3.8) is 0 Å². The predicted octanol–water partition coefficient (Wildman–Crippen LogP) is 2.49. The minimum absolute atomic E-state index is 0.0806. The van der Waals surface area contributed by atoms with Crippen LogP contribution in [-0.4, -0.2) is 42.8 Å². The van der Waals surface area contributed by atoms with Crippen LogP contribution in [0.3, 0.4) is 0 Å². The topological polar surface area (TPSA) is 38.5 Å². The van der Waals surface area contributed by atoms with Gasteiger partial charge in [-0.15, -0.1) is 11.3 Å². The first-order valence-corrected chi connectivity index (χ1v) is 8.02. The van der Waals surface area contributed by atoms with Gasteiger partial charge in [0.25, 0.3) is 0 Å². The average molecular weight is 333 g/mol. The molecular weight excluding hydrogens is 312 g/mol. The molecule has 0 aliphatic carbocycles. The SMILES string of the molecule is CC(C)N1CCOC(C(N)Cc2ccc(Br)s2)C1. The lowest BCUT2D eigenvalue weighted by molar-refractivity contribution is -0.0494. The third-order valence-corrected chi connectivity index (χ3v) is 5.04. The number of halogens is 1. The molecule has 1 aliphatic rings. The third kappa shape index (κ3) is 3.78. The molecule has 2 unspecified atom stereocenters. The molecule has 2 atom stereocenters. The highest BCUT2D eigenvalue weighted by Crippen LogP contribution is 2.24. The molecule has 0 radical (unpaired) electrons. The quantitative estimate of drug-likeness (QED) is 0.920. The molecule has 1 aliphatic heterocycles. The Kier molecular flexibility index (Phi) is 5.21. The fourth-order valence-electron chi connectivity index (χ4n) is 2.25. The van der Waals surface area contributed by atoms with Crippen LogP contribution in [0.5, 0.6) is 0 Å². The van der Waals surface area contributed by atoms with Gasteiger partial charge in [-0.25, -0.2) is 0 Å². The maximum Gasteiger partial charge on any atom is 0.0856 e. The Hall–Kier alpha value is 0.0600. The smallest absolute Gasteiger partial charge is 0.0856 e. The summed E-state index contributed by atoms with van der Waals surface area (Å²) in [4.78, 5) is 3.76. The second-order valence-electron chi connectivity index (χ2n) is 5.07. The van der Waals surface area contributed by atoms with Crippen molar-refractivity contribution in [1.29, 1.82) is 0 Å². The van der Waals surface area contributed by atoms with Crippen LogP contribution in [0.1, 0.15) is 18.7 Å². The third-order valence-electron chi connectivity index (χ3n) is 3.40. The number of hydrogen-bond acceptors (Lipinski definition) is 4. The van der Waals surface area contributed by atoms with Gasteiger partial charge in [-0.1, -0.05) is 0 Å². The zero-order valence-corrected chi connectivity index (χ0v) is 13.3. The van der Waals surface area contributed by atoms with Gasteiger partial charge in [0.15, 0.2) is 0 Å². The van der Waals surface area contributed by atoms with Crippen LogP contribution in [-0.2, 0) is 11.2 Å². The van der Waals surface area contributed by atoms with Crippen molar-refractivity contribution in [1.82, 2.24) is 4.90 Å². The fourth-order valence-corrected chi connectivity index (χ4v) is 3.80. The van der Waals surface area contributed by atoms with E-state index in [9.17, 15) is 0 Å². The van der Waals surface area contributed by atoms with E-state index >= 15 is 0 Å². The summed E-state index contributed by atoms with van der Waals surface area (Å²) >= 11 is 5.24. The van der Waals surface area contributed by atoms with E-state index in [1.54, 1.807) is 11.3 Å². The van der Waals surface area contributed by atoms with E-state index in [-0.39, 0.29) is 12.1 Å². The van der Waals surface area contributed by atoms with Crippen LogP contribution in [0.4, 0.5) is 0 Å². The van der Waals surface area contributed by atoms with Gasteiger partial charge in [-0.3, -0.25) is 4.90 Å². The molecule has 18 heavy (non-hydrogen) atoms. The van der Waals surface area contributed by atoms with E-state index in [4.69, 9.17) is 10.5 Å². The average Bonchev–Trinajstić information content (AvgIpc) is 2.75. The lowest BCUT2D eigenvalue weighted by Gasteiger charge is -2.37. The number of hydrogen-bond donors (Lipinski definition) is 1. The lowest BCUT2D eigenvalue weighted by Crippen LogP contribution is -2.53. The van der Waals surface area contributed by atoms with Crippen LogP contribution in [0.25, 0.3) is 0 Å². The predicted molar refractivity (Wildman–Crippen MR) is 80.1 cm³/mol. The van der Waals surface area contributed by atoms with Gasteiger partial charge in [-0.2, -0.15) is 0 Å². The van der Waals surface area contributed by atoms with Crippen molar-refractivity contribution in [2.24, 2.45) is 5.73 Å². The van der Waals surface area contributed by atoms with E-state index in [1.165, 1.54) is 4.88 Å². The van der Waals surface area contributed by atoms with Crippen LogP contribution >= 0.6 is 27.3 Å². The first-order chi connectivity index (χ1) is 8.56. The van der Waals surface area contributed by atoms with E-state index in [0.717, 1.165) is 29.9 Å². The van der Waals surface area contributed by atoms with Crippen LogP contribution in [0.15, 0.2) is 15.9 Å². The summed E-state index contributed by atoms with van der Waals surface area (Å²) < 4.78 is 6.99. The number of ether oxygens (including phenoxy) is 1. The van der Waals surface area contributed by atoms with Crippen molar-refractivity contribution in [3.05, 3.63) is 20.8 Å². The lowest BCUT2D eigenvalue weighted by atomic mass is 10.0. The zero-order chi connectivity index (χ0) is 13.1. The molecule has 0 saturated carbocycles. The Labute approximate surface area is 121 Å². The van der Waals surface area contributed by atoms with E-state index < -0.39 is 0 Å². The standard InChI is InChI=1S/C13H21BrN2OS/c1-9(2)16-5-6-17-12(8-16)11(15)7-10-3-4-13(14)18-10/h3-4,9,11-12H,5-8,15H2,1-2H3. The van der Waals surface area contributed by atoms with Crippen molar-refractivity contribution in [2.75, 3.05) is 19.7 Å². The molecular formula is C13H21BrN2OS. The summed E-state index contributed by atoms with van der Waals surface area (Å²) in [5.41, 5.74) is 6.29. The molecule has 1 saturated heterocycles. The first kappa shape index (κ1) is 14.5. The molecule has 1 fully saturated rings. The molecule has 0 spiro atoms. The number of morpholine rings is 1. The van der Waals surface area contributed by atoms with Gasteiger partial charge in [-0.05, 0) is 48.3 Å². The normalized spacial score (nSPS) is 23.5. The molecule has 0 aromatic carbocycles. The molecule has 2 heterocycles. The molecule has 102 valence electrons. The Morgan fingerprint density at radius 1 is 1.56 bits per heavy atom. The minimum Gasteiger partial charge on any atom is -0.374 e. The summed E-state index contributed by atoms with van der Waals surface area (Å²) in [5, 5.41) is 0. The Bertz CT molecular complexity index is 383. The Morgan fingerprint density at radius 2 is 2.33 bits per heavy atom. The summed E-state index contributed by atoms with van der Waals surface area (Å²) in [7, 11) is 0. The molecule has 0 amide bonds. The molecule has 1 aromatic rings. The maximum atomic E-state index is 6.29. The Balaban J connectivity index is 1.90. The highest BCUT2D eigenvalue weighted by Gasteiger charge is 2.27.